The standard InChI is InChI=1S/C11H16N8OS/c1-2-12-8-15-9(19-3-5-20-6-4-19)17-11(16-8)21-10-13-7-14-18-10/h7H,2-6H2,1H3,(H,13,14,18)(H,12,15,16,17). The maximum atomic E-state index is 5.36. The second-order valence-corrected chi connectivity index (χ2v) is 5.22. The van der Waals surface area contributed by atoms with E-state index in [0.29, 0.717) is 35.4 Å². The molecule has 2 aromatic rings. The summed E-state index contributed by atoms with van der Waals surface area (Å²) in [4.78, 5) is 19.5. The maximum Gasteiger partial charge on any atom is 0.231 e. The normalized spacial score (nSPS) is 15.2. The topological polar surface area (TPSA) is 105 Å². The van der Waals surface area contributed by atoms with Gasteiger partial charge in [-0.1, -0.05) is 0 Å². The molecule has 21 heavy (non-hydrogen) atoms. The summed E-state index contributed by atoms with van der Waals surface area (Å²) in [6.45, 7) is 5.68. The first-order valence-electron chi connectivity index (χ1n) is 6.71. The van der Waals surface area contributed by atoms with E-state index in [9.17, 15) is 0 Å². The van der Waals surface area contributed by atoms with Crippen molar-refractivity contribution in [1.82, 2.24) is 30.1 Å². The zero-order valence-corrected chi connectivity index (χ0v) is 12.4. The Morgan fingerprint density at radius 3 is 2.90 bits per heavy atom. The second kappa shape index (κ2) is 6.68. The molecule has 2 N–H and O–H groups in total. The van der Waals surface area contributed by atoms with Crippen LogP contribution in [0.2, 0.25) is 0 Å². The third-order valence-electron chi connectivity index (χ3n) is 2.81. The van der Waals surface area contributed by atoms with Gasteiger partial charge >= 0.3 is 0 Å². The SMILES string of the molecule is CCNc1nc(Sc2ncn[nH]2)nc(N2CCOCC2)n1. The summed E-state index contributed by atoms with van der Waals surface area (Å²) in [7, 11) is 0. The lowest BCUT2D eigenvalue weighted by Crippen LogP contribution is -2.37. The van der Waals surface area contributed by atoms with Gasteiger partial charge in [0.25, 0.3) is 0 Å². The number of nitrogens with one attached hydrogen (secondary N) is 2. The van der Waals surface area contributed by atoms with E-state index in [0.717, 1.165) is 19.6 Å². The van der Waals surface area contributed by atoms with Crippen LogP contribution >= 0.6 is 11.8 Å². The molecule has 0 bridgehead atoms. The van der Waals surface area contributed by atoms with E-state index in [-0.39, 0.29) is 0 Å². The average molecular weight is 308 g/mol. The van der Waals surface area contributed by atoms with Crippen LogP contribution in [-0.2, 0) is 4.74 Å². The Kier molecular flexibility index (Phi) is 4.46. The molecule has 9 nitrogen and oxygen atoms in total. The molecular formula is C11H16N8OS. The Balaban J connectivity index is 1.85. The van der Waals surface area contributed by atoms with Gasteiger partial charge in [-0.05, 0) is 18.7 Å². The molecule has 112 valence electrons. The minimum atomic E-state index is 0.566. The van der Waals surface area contributed by atoms with Crippen LogP contribution in [0.1, 0.15) is 6.92 Å². The minimum absolute atomic E-state index is 0.566. The number of H-pyrrole nitrogens is 1. The Morgan fingerprint density at radius 2 is 2.19 bits per heavy atom. The number of anilines is 2. The Labute approximate surface area is 125 Å². The molecule has 1 aliphatic heterocycles. The quantitative estimate of drug-likeness (QED) is 0.812. The van der Waals surface area contributed by atoms with E-state index in [1.54, 1.807) is 0 Å². The summed E-state index contributed by atoms with van der Waals surface area (Å²) in [5.41, 5.74) is 0. The van der Waals surface area contributed by atoms with Gasteiger partial charge in [-0.15, -0.1) is 0 Å². The lowest BCUT2D eigenvalue weighted by molar-refractivity contribution is 0.122. The Bertz CT molecular complexity index is 572. The van der Waals surface area contributed by atoms with Crippen molar-refractivity contribution in [2.24, 2.45) is 0 Å². The molecular weight excluding hydrogens is 292 g/mol. The van der Waals surface area contributed by atoms with Crippen LogP contribution < -0.4 is 10.2 Å². The monoisotopic (exact) mass is 308 g/mol. The van der Waals surface area contributed by atoms with Crippen molar-refractivity contribution in [3.8, 4) is 0 Å². The van der Waals surface area contributed by atoms with Gasteiger partial charge in [0.2, 0.25) is 17.1 Å². The number of rotatable bonds is 5. The zero-order chi connectivity index (χ0) is 14.5. The second-order valence-electron chi connectivity index (χ2n) is 4.26. The summed E-state index contributed by atoms with van der Waals surface area (Å²) in [5.74, 6) is 1.22. The highest BCUT2D eigenvalue weighted by Gasteiger charge is 2.17. The van der Waals surface area contributed by atoms with Crippen molar-refractivity contribution >= 4 is 23.7 Å². The third kappa shape index (κ3) is 3.58. The fraction of sp³-hybridized carbons (Fsp3) is 0.545. The van der Waals surface area contributed by atoms with Crippen LogP contribution in [0.4, 0.5) is 11.9 Å². The molecule has 3 rings (SSSR count). The first-order valence-corrected chi connectivity index (χ1v) is 7.52. The van der Waals surface area contributed by atoms with Gasteiger partial charge in [-0.3, -0.25) is 5.10 Å². The number of ether oxygens (including phenoxy) is 1. The number of aromatic nitrogens is 6. The molecule has 0 spiro atoms. The molecule has 1 fully saturated rings. The van der Waals surface area contributed by atoms with Crippen molar-refractivity contribution in [3.05, 3.63) is 6.33 Å². The minimum Gasteiger partial charge on any atom is -0.378 e. The molecule has 0 aromatic carbocycles. The fourth-order valence-corrected chi connectivity index (χ4v) is 2.49. The van der Waals surface area contributed by atoms with E-state index in [1.165, 1.54) is 18.1 Å². The van der Waals surface area contributed by atoms with E-state index in [2.05, 4.69) is 40.3 Å². The zero-order valence-electron chi connectivity index (χ0n) is 11.6. The molecule has 10 heteroatoms. The number of aromatic amines is 1. The van der Waals surface area contributed by atoms with Gasteiger partial charge in [0.05, 0.1) is 13.2 Å². The first-order chi connectivity index (χ1) is 10.3. The van der Waals surface area contributed by atoms with Gasteiger partial charge < -0.3 is 15.0 Å². The van der Waals surface area contributed by atoms with Crippen molar-refractivity contribution in [1.29, 1.82) is 0 Å². The van der Waals surface area contributed by atoms with Crippen LogP contribution in [0.5, 0.6) is 0 Å². The highest BCUT2D eigenvalue weighted by Crippen LogP contribution is 2.23. The summed E-state index contributed by atoms with van der Waals surface area (Å²) >= 11 is 1.32. The van der Waals surface area contributed by atoms with Crippen LogP contribution in [0.25, 0.3) is 0 Å². The average Bonchev–Trinajstić information content (AvgIpc) is 3.01. The maximum absolute atomic E-state index is 5.36. The summed E-state index contributed by atoms with van der Waals surface area (Å²) in [6, 6.07) is 0. The van der Waals surface area contributed by atoms with E-state index in [4.69, 9.17) is 4.74 Å². The van der Waals surface area contributed by atoms with Gasteiger partial charge in [0.1, 0.15) is 6.33 Å². The van der Waals surface area contributed by atoms with E-state index >= 15 is 0 Å². The van der Waals surface area contributed by atoms with E-state index < -0.39 is 0 Å². The largest absolute Gasteiger partial charge is 0.378 e. The highest BCUT2D eigenvalue weighted by atomic mass is 32.2. The van der Waals surface area contributed by atoms with Gasteiger partial charge in [0.15, 0.2) is 5.16 Å². The number of hydrogen-bond donors (Lipinski definition) is 2. The Hall–Kier alpha value is -1.94. The van der Waals surface area contributed by atoms with Crippen LogP contribution in [0.15, 0.2) is 16.6 Å². The predicted molar refractivity (Wildman–Crippen MR) is 77.5 cm³/mol. The molecule has 1 aliphatic rings. The van der Waals surface area contributed by atoms with Crippen molar-refractivity contribution < 1.29 is 4.74 Å². The molecule has 3 heterocycles. The number of nitrogens with zero attached hydrogens (tertiary/aromatic N) is 6. The number of morpholine rings is 1. The van der Waals surface area contributed by atoms with E-state index in [1.807, 2.05) is 6.92 Å². The molecule has 0 unspecified atom stereocenters. The molecule has 2 aromatic heterocycles. The summed E-state index contributed by atoms with van der Waals surface area (Å²) < 4.78 is 5.36. The molecule has 0 atom stereocenters. The first kappa shape index (κ1) is 14.0. The molecule has 0 amide bonds. The van der Waals surface area contributed by atoms with Crippen LogP contribution in [0.3, 0.4) is 0 Å². The molecule has 1 saturated heterocycles. The Morgan fingerprint density at radius 1 is 1.33 bits per heavy atom. The lowest BCUT2D eigenvalue weighted by Gasteiger charge is -2.27. The summed E-state index contributed by atoms with van der Waals surface area (Å²) in [5, 5.41) is 11.0. The lowest BCUT2D eigenvalue weighted by atomic mass is 10.4. The summed E-state index contributed by atoms with van der Waals surface area (Å²) in [6.07, 6.45) is 1.46. The number of hydrogen-bond acceptors (Lipinski definition) is 9. The predicted octanol–water partition coefficient (Wildman–Crippen LogP) is 0.409. The molecule has 0 saturated carbocycles. The van der Waals surface area contributed by atoms with Crippen molar-refractivity contribution in [3.63, 3.8) is 0 Å². The van der Waals surface area contributed by atoms with Crippen LogP contribution in [0, 0.1) is 0 Å². The smallest absolute Gasteiger partial charge is 0.231 e. The fourth-order valence-electron chi connectivity index (χ4n) is 1.86. The van der Waals surface area contributed by atoms with Crippen molar-refractivity contribution in [2.75, 3.05) is 43.1 Å². The van der Waals surface area contributed by atoms with Gasteiger partial charge in [0, 0.05) is 19.6 Å². The van der Waals surface area contributed by atoms with Gasteiger partial charge in [-0.2, -0.15) is 20.1 Å². The van der Waals surface area contributed by atoms with Gasteiger partial charge in [-0.25, -0.2) is 4.98 Å². The van der Waals surface area contributed by atoms with Crippen molar-refractivity contribution in [2.45, 2.75) is 17.2 Å². The highest BCUT2D eigenvalue weighted by molar-refractivity contribution is 7.99. The molecule has 0 radical (unpaired) electrons. The van der Waals surface area contributed by atoms with Crippen LogP contribution in [-0.4, -0.2) is 63.0 Å². The third-order valence-corrected chi connectivity index (χ3v) is 3.57. The molecule has 0 aliphatic carbocycles.